The van der Waals surface area contributed by atoms with E-state index in [-0.39, 0.29) is 0 Å². The van der Waals surface area contributed by atoms with Gasteiger partial charge < -0.3 is 10.5 Å². The summed E-state index contributed by atoms with van der Waals surface area (Å²) in [5, 5.41) is 0.682. The maximum Gasteiger partial charge on any atom is 0.133 e. The Balaban J connectivity index is 2.72. The summed E-state index contributed by atoms with van der Waals surface area (Å²) >= 11 is 9.07. The largest absolute Gasteiger partial charge is 0.491 e. The lowest BCUT2D eigenvalue weighted by atomic mass is 10.3. The van der Waals surface area contributed by atoms with Crippen LogP contribution in [0.25, 0.3) is 0 Å². The quantitative estimate of drug-likeness (QED) is 0.894. The zero-order chi connectivity index (χ0) is 8.97. The zero-order valence-corrected chi connectivity index (χ0v) is 8.73. The third-order valence-corrected chi connectivity index (χ3v) is 2.12. The first-order chi connectivity index (χ1) is 5.74. The van der Waals surface area contributed by atoms with Crippen LogP contribution in [-0.4, -0.2) is 13.2 Å². The first-order valence-corrected chi connectivity index (χ1v) is 4.69. The third-order valence-electron chi connectivity index (χ3n) is 1.27. The van der Waals surface area contributed by atoms with E-state index in [9.17, 15) is 0 Å². The molecule has 0 radical (unpaired) electrons. The Morgan fingerprint density at radius 3 is 2.83 bits per heavy atom. The predicted molar refractivity (Wildman–Crippen MR) is 53.7 cm³/mol. The molecule has 1 aromatic carbocycles. The molecule has 0 aromatic heterocycles. The normalized spacial score (nSPS) is 9.92. The lowest BCUT2D eigenvalue weighted by Gasteiger charge is -2.06. The monoisotopic (exact) mass is 249 g/mol. The molecule has 0 unspecified atom stereocenters. The minimum atomic E-state index is 0.509. The van der Waals surface area contributed by atoms with Gasteiger partial charge in [-0.1, -0.05) is 11.6 Å². The molecule has 1 rings (SSSR count). The number of hydrogen-bond donors (Lipinski definition) is 1. The first kappa shape index (κ1) is 9.84. The molecule has 0 bridgehead atoms. The minimum absolute atomic E-state index is 0.509. The number of nitrogens with two attached hydrogens (primary N) is 1. The van der Waals surface area contributed by atoms with Gasteiger partial charge in [0, 0.05) is 11.6 Å². The van der Waals surface area contributed by atoms with Gasteiger partial charge in [-0.25, -0.2) is 0 Å². The van der Waals surface area contributed by atoms with E-state index >= 15 is 0 Å². The summed E-state index contributed by atoms with van der Waals surface area (Å²) in [7, 11) is 0. The number of benzene rings is 1. The number of halogens is 2. The summed E-state index contributed by atoms with van der Waals surface area (Å²) < 4.78 is 6.16. The molecule has 0 aliphatic heterocycles. The topological polar surface area (TPSA) is 35.2 Å². The van der Waals surface area contributed by atoms with Crippen molar-refractivity contribution in [1.82, 2.24) is 0 Å². The van der Waals surface area contributed by atoms with E-state index in [1.807, 2.05) is 6.07 Å². The second-order valence-corrected chi connectivity index (χ2v) is 3.50. The van der Waals surface area contributed by atoms with Crippen LogP contribution < -0.4 is 10.5 Å². The maximum absolute atomic E-state index is 5.74. The average Bonchev–Trinajstić information content (AvgIpc) is 2.03. The lowest BCUT2D eigenvalue weighted by molar-refractivity contribution is 0.326. The van der Waals surface area contributed by atoms with Crippen molar-refractivity contribution < 1.29 is 4.74 Å². The smallest absolute Gasteiger partial charge is 0.133 e. The molecule has 0 saturated carbocycles. The van der Waals surface area contributed by atoms with Gasteiger partial charge in [0.15, 0.2) is 0 Å². The van der Waals surface area contributed by atoms with Crippen LogP contribution in [0, 0.1) is 0 Å². The van der Waals surface area contributed by atoms with Crippen molar-refractivity contribution in [2.75, 3.05) is 13.2 Å². The van der Waals surface area contributed by atoms with Crippen molar-refractivity contribution in [1.29, 1.82) is 0 Å². The van der Waals surface area contributed by atoms with Gasteiger partial charge in [-0.2, -0.15) is 0 Å². The highest BCUT2D eigenvalue weighted by atomic mass is 79.9. The van der Waals surface area contributed by atoms with Gasteiger partial charge in [0.25, 0.3) is 0 Å². The predicted octanol–water partition coefficient (Wildman–Crippen LogP) is 2.44. The molecule has 0 saturated heterocycles. The van der Waals surface area contributed by atoms with Gasteiger partial charge in [-0.3, -0.25) is 0 Å². The van der Waals surface area contributed by atoms with E-state index in [4.69, 9.17) is 22.1 Å². The molecular formula is C8H9BrClNO. The second-order valence-electron chi connectivity index (χ2n) is 2.21. The Hall–Kier alpha value is -0.250. The third kappa shape index (κ3) is 2.66. The van der Waals surface area contributed by atoms with E-state index < -0.39 is 0 Å². The number of rotatable bonds is 3. The average molecular weight is 251 g/mol. The van der Waals surface area contributed by atoms with Gasteiger partial charge in [0.2, 0.25) is 0 Å². The molecule has 66 valence electrons. The van der Waals surface area contributed by atoms with Crippen LogP contribution in [0.5, 0.6) is 5.75 Å². The molecule has 4 heteroatoms. The van der Waals surface area contributed by atoms with Crippen molar-refractivity contribution >= 4 is 27.5 Å². The molecule has 0 heterocycles. The fourth-order valence-corrected chi connectivity index (χ4v) is 1.56. The molecule has 0 aliphatic carbocycles. The van der Waals surface area contributed by atoms with Gasteiger partial charge in [-0.05, 0) is 34.1 Å². The highest BCUT2D eigenvalue weighted by Crippen LogP contribution is 2.27. The van der Waals surface area contributed by atoms with E-state index in [0.717, 1.165) is 10.2 Å². The van der Waals surface area contributed by atoms with Crippen LogP contribution in [0.2, 0.25) is 5.02 Å². The van der Waals surface area contributed by atoms with E-state index in [1.54, 1.807) is 12.1 Å². The van der Waals surface area contributed by atoms with E-state index in [2.05, 4.69) is 15.9 Å². The summed E-state index contributed by atoms with van der Waals surface area (Å²) in [5.74, 6) is 0.768. The van der Waals surface area contributed by atoms with Gasteiger partial charge in [-0.15, -0.1) is 0 Å². The molecule has 0 fully saturated rings. The van der Waals surface area contributed by atoms with Crippen molar-refractivity contribution in [3.05, 3.63) is 27.7 Å². The molecule has 0 spiro atoms. The van der Waals surface area contributed by atoms with Gasteiger partial charge in [0.05, 0.1) is 4.47 Å². The minimum Gasteiger partial charge on any atom is -0.491 e. The zero-order valence-electron chi connectivity index (χ0n) is 6.39. The number of hydrogen-bond acceptors (Lipinski definition) is 2. The summed E-state index contributed by atoms with van der Waals surface area (Å²) in [6.07, 6.45) is 0. The molecule has 0 aliphatic rings. The summed E-state index contributed by atoms with van der Waals surface area (Å²) in [6, 6.07) is 5.37. The van der Waals surface area contributed by atoms with E-state index in [1.165, 1.54) is 0 Å². The van der Waals surface area contributed by atoms with Crippen molar-refractivity contribution in [2.24, 2.45) is 5.73 Å². The molecule has 12 heavy (non-hydrogen) atoms. The molecule has 2 N–H and O–H groups in total. The first-order valence-electron chi connectivity index (χ1n) is 3.52. The van der Waals surface area contributed by atoms with Crippen LogP contribution in [0.1, 0.15) is 0 Å². The fourth-order valence-electron chi connectivity index (χ4n) is 0.761. The molecular weight excluding hydrogens is 241 g/mol. The van der Waals surface area contributed by atoms with E-state index in [0.29, 0.717) is 18.2 Å². The highest BCUT2D eigenvalue weighted by Gasteiger charge is 2.00. The second kappa shape index (κ2) is 4.70. The van der Waals surface area contributed by atoms with Crippen molar-refractivity contribution in [3.63, 3.8) is 0 Å². The van der Waals surface area contributed by atoms with Crippen molar-refractivity contribution in [2.45, 2.75) is 0 Å². The van der Waals surface area contributed by atoms with Crippen LogP contribution in [0.15, 0.2) is 22.7 Å². The molecule has 0 amide bonds. The summed E-state index contributed by atoms with van der Waals surface area (Å²) in [6.45, 7) is 1.02. The van der Waals surface area contributed by atoms with Crippen LogP contribution >= 0.6 is 27.5 Å². The standard InChI is InChI=1S/C8H9BrClNO/c9-7-5-6(10)1-2-8(7)12-4-3-11/h1-2,5H,3-4,11H2. The highest BCUT2D eigenvalue weighted by molar-refractivity contribution is 9.10. The Kier molecular flexibility index (Phi) is 3.85. The van der Waals surface area contributed by atoms with Gasteiger partial charge in [0.1, 0.15) is 12.4 Å². The summed E-state index contributed by atoms with van der Waals surface area (Å²) in [5.41, 5.74) is 5.29. The van der Waals surface area contributed by atoms with Crippen LogP contribution in [-0.2, 0) is 0 Å². The Morgan fingerprint density at radius 1 is 1.50 bits per heavy atom. The van der Waals surface area contributed by atoms with Crippen LogP contribution in [0.4, 0.5) is 0 Å². The molecule has 1 aromatic rings. The Labute approximate surface area is 84.8 Å². The molecule has 0 atom stereocenters. The Bertz CT molecular complexity index is 267. The summed E-state index contributed by atoms with van der Waals surface area (Å²) in [4.78, 5) is 0. The maximum atomic E-state index is 5.74. The fraction of sp³-hybridized carbons (Fsp3) is 0.250. The van der Waals surface area contributed by atoms with Crippen LogP contribution in [0.3, 0.4) is 0 Å². The SMILES string of the molecule is NCCOc1ccc(Cl)cc1Br. The lowest BCUT2D eigenvalue weighted by Crippen LogP contribution is -2.10. The van der Waals surface area contributed by atoms with Crippen molar-refractivity contribution in [3.8, 4) is 5.75 Å². The van der Waals surface area contributed by atoms with Gasteiger partial charge >= 0.3 is 0 Å². The molecule has 2 nitrogen and oxygen atoms in total. The Morgan fingerprint density at radius 2 is 2.25 bits per heavy atom. The number of ether oxygens (including phenoxy) is 1.